The number of amides is 2. The molecule has 6 heterocycles. The molecule has 4 N–H and O–H groups in total. The van der Waals surface area contributed by atoms with Gasteiger partial charge in [0.1, 0.15) is 0 Å². The molecule has 4 aliphatic heterocycles. The topological polar surface area (TPSA) is 144 Å². The van der Waals surface area contributed by atoms with Crippen molar-refractivity contribution >= 4 is 33.8 Å². The molecule has 3 fully saturated rings. The minimum Gasteiger partial charge on any atom is -0.478 e. The van der Waals surface area contributed by atoms with E-state index in [2.05, 4.69) is 69.8 Å². The van der Waals surface area contributed by atoms with Crippen LogP contribution in [0, 0.1) is 6.92 Å². The summed E-state index contributed by atoms with van der Waals surface area (Å²) in [5, 5.41) is 7.49. The molecule has 264 valence electrons. The lowest BCUT2D eigenvalue weighted by Gasteiger charge is -2.46. The Morgan fingerprint density at radius 2 is 1.84 bits per heavy atom. The third-order valence-electron chi connectivity index (χ3n) is 11.4. The van der Waals surface area contributed by atoms with Crippen molar-refractivity contribution in [2.75, 3.05) is 59.5 Å². The van der Waals surface area contributed by atoms with Crippen LogP contribution in [0.25, 0.3) is 10.9 Å². The summed E-state index contributed by atoms with van der Waals surface area (Å²) in [6, 6.07) is 6.34. The zero-order chi connectivity index (χ0) is 34.4. The number of likely N-dealkylation sites (tertiary alicyclic amines) is 2. The van der Waals surface area contributed by atoms with Gasteiger partial charge in [-0.1, -0.05) is 19.9 Å². The summed E-state index contributed by atoms with van der Waals surface area (Å²) in [6.07, 6.45) is 5.88. The van der Waals surface area contributed by atoms with E-state index >= 15 is 0 Å². The molecule has 12 nitrogen and oxygen atoms in total. The molecular formula is C36H50N8O4S. The number of piperazine rings is 1. The van der Waals surface area contributed by atoms with Gasteiger partial charge in [-0.05, 0) is 100 Å². The Morgan fingerprint density at radius 1 is 1.08 bits per heavy atom. The fourth-order valence-electron chi connectivity index (χ4n) is 8.49. The van der Waals surface area contributed by atoms with Crippen molar-refractivity contribution < 1.29 is 14.3 Å². The number of H-pyrrole nitrogens is 2. The average Bonchev–Trinajstić information content (AvgIpc) is 3.67. The quantitative estimate of drug-likeness (QED) is 0.340. The molecule has 7 rings (SSSR count). The predicted molar refractivity (Wildman–Crippen MR) is 192 cm³/mol. The minimum absolute atomic E-state index is 0.0862. The Bertz CT molecular complexity index is 1760. The summed E-state index contributed by atoms with van der Waals surface area (Å²) in [7, 11) is 2.19. The highest BCUT2D eigenvalue weighted by atomic mass is 32.2. The van der Waals surface area contributed by atoms with Crippen LogP contribution in [0.5, 0.6) is 5.88 Å². The van der Waals surface area contributed by atoms with Gasteiger partial charge in [0.25, 0.3) is 10.8 Å². The second-order valence-electron chi connectivity index (χ2n) is 15.2. The number of aromatic amines is 2. The van der Waals surface area contributed by atoms with E-state index in [1.165, 1.54) is 12.8 Å². The molecule has 0 aliphatic carbocycles. The highest BCUT2D eigenvalue weighted by molar-refractivity contribution is 8.14. The zero-order valence-electron chi connectivity index (χ0n) is 29.2. The van der Waals surface area contributed by atoms with E-state index < -0.39 is 11.3 Å². The van der Waals surface area contributed by atoms with Gasteiger partial charge in [-0.15, -0.1) is 0 Å². The van der Waals surface area contributed by atoms with Crippen LogP contribution in [0.1, 0.15) is 67.7 Å². The number of fused-ring (bicyclic) bond motifs is 2. The van der Waals surface area contributed by atoms with E-state index in [4.69, 9.17) is 10.5 Å². The summed E-state index contributed by atoms with van der Waals surface area (Å²) in [5.41, 5.74) is 10.3. The molecule has 0 spiro atoms. The largest absolute Gasteiger partial charge is 0.478 e. The number of piperidine rings is 2. The first-order valence-corrected chi connectivity index (χ1v) is 18.6. The third-order valence-corrected chi connectivity index (χ3v) is 12.3. The number of nitrogens with zero attached hydrogens (tertiary/aromatic N) is 5. The van der Waals surface area contributed by atoms with Crippen LogP contribution in [0.15, 0.2) is 29.2 Å². The van der Waals surface area contributed by atoms with Crippen LogP contribution in [0.4, 0.5) is 4.79 Å². The van der Waals surface area contributed by atoms with Gasteiger partial charge in [-0.25, -0.2) is 0 Å². The van der Waals surface area contributed by atoms with Crippen molar-refractivity contribution in [1.82, 2.24) is 34.8 Å². The van der Waals surface area contributed by atoms with Gasteiger partial charge < -0.3 is 20.3 Å². The number of primary amides is 1. The van der Waals surface area contributed by atoms with E-state index in [0.29, 0.717) is 63.0 Å². The first kappa shape index (κ1) is 34.1. The number of nitrogens with one attached hydrogen (secondary N) is 2. The Kier molecular flexibility index (Phi) is 9.55. The number of carbonyl (C=O) groups is 2. The Morgan fingerprint density at radius 3 is 2.57 bits per heavy atom. The van der Waals surface area contributed by atoms with Crippen molar-refractivity contribution in [2.45, 2.75) is 81.7 Å². The van der Waals surface area contributed by atoms with Gasteiger partial charge in [-0.3, -0.25) is 34.3 Å². The molecule has 3 saturated heterocycles. The number of aryl methyl sites for hydroxylation is 1. The maximum Gasteiger partial charge on any atom is 0.278 e. The monoisotopic (exact) mass is 690 g/mol. The number of carbonyl (C=O) groups excluding carboxylic acids is 2. The lowest BCUT2D eigenvalue weighted by molar-refractivity contribution is -0.140. The first-order valence-electron chi connectivity index (χ1n) is 17.7. The summed E-state index contributed by atoms with van der Waals surface area (Å²) in [6.45, 7) is 12.7. The number of benzene rings is 1. The number of pyridine rings is 1. The number of ether oxygens (including phenoxy) is 1. The Labute approximate surface area is 292 Å². The van der Waals surface area contributed by atoms with Crippen molar-refractivity contribution in [3.63, 3.8) is 0 Å². The van der Waals surface area contributed by atoms with E-state index in [9.17, 15) is 14.4 Å². The highest BCUT2D eigenvalue weighted by Gasteiger charge is 2.42. The summed E-state index contributed by atoms with van der Waals surface area (Å²) >= 11 is 1.07. The molecule has 49 heavy (non-hydrogen) atoms. The first-order chi connectivity index (χ1) is 23.5. The van der Waals surface area contributed by atoms with Crippen LogP contribution in [-0.4, -0.2) is 123 Å². The van der Waals surface area contributed by atoms with Gasteiger partial charge in [0, 0.05) is 60.7 Å². The molecule has 3 aromatic rings. The maximum atomic E-state index is 14.7. The van der Waals surface area contributed by atoms with E-state index in [1.54, 1.807) is 0 Å². The van der Waals surface area contributed by atoms with Crippen molar-refractivity contribution in [3.05, 3.63) is 57.0 Å². The van der Waals surface area contributed by atoms with Crippen LogP contribution >= 0.6 is 11.8 Å². The van der Waals surface area contributed by atoms with Crippen LogP contribution in [-0.2, 0) is 16.6 Å². The van der Waals surface area contributed by atoms with Gasteiger partial charge in [0.05, 0.1) is 29.7 Å². The molecule has 0 saturated carbocycles. The Hall–Kier alpha value is -3.39. The van der Waals surface area contributed by atoms with Crippen molar-refractivity contribution in [2.24, 2.45) is 5.73 Å². The fourth-order valence-corrected chi connectivity index (χ4v) is 9.48. The van der Waals surface area contributed by atoms with Crippen LogP contribution < -0.4 is 16.0 Å². The predicted octanol–water partition coefficient (Wildman–Crippen LogP) is 3.40. The number of rotatable bonds is 7. The van der Waals surface area contributed by atoms with Gasteiger partial charge in [0.2, 0.25) is 5.91 Å². The molecule has 0 radical (unpaired) electrons. The van der Waals surface area contributed by atoms with Crippen LogP contribution in [0.2, 0.25) is 0 Å². The maximum absolute atomic E-state index is 14.7. The van der Waals surface area contributed by atoms with E-state index in [-0.39, 0.29) is 28.2 Å². The Balaban J connectivity index is 1.16. The average molecular weight is 691 g/mol. The smallest absolute Gasteiger partial charge is 0.278 e. The van der Waals surface area contributed by atoms with E-state index in [1.807, 2.05) is 17.2 Å². The number of thioether (sulfide) groups is 1. The lowest BCUT2D eigenvalue weighted by atomic mass is 9.83. The fraction of sp³-hybridized carbons (Fsp3) is 0.611. The van der Waals surface area contributed by atoms with Gasteiger partial charge in [0.15, 0.2) is 5.88 Å². The second kappa shape index (κ2) is 13.7. The summed E-state index contributed by atoms with van der Waals surface area (Å²) in [4.78, 5) is 52.8. The molecule has 0 bridgehead atoms. The molecular weight excluding hydrogens is 641 g/mol. The molecule has 13 heteroatoms. The molecule has 3 atom stereocenters. The SMILES string of the molecule is Cc1cc(C[C@H](C(=O)N2CCN(C3CCN(C)CC3)CC2)N2CCC(c3cc4c([nH]c3=O)OCC4(C)C)CC2SC(N)=O)cc2cn[nH]c12. The molecule has 2 aromatic heterocycles. The summed E-state index contributed by atoms with van der Waals surface area (Å²) in [5.74, 6) is 0.554. The number of aromatic nitrogens is 3. The molecule has 2 unspecified atom stereocenters. The normalized spacial score (nSPS) is 24.5. The highest BCUT2D eigenvalue weighted by Crippen LogP contribution is 2.41. The molecule has 2 amide bonds. The minimum atomic E-state index is -0.485. The molecule has 4 aliphatic rings. The van der Waals surface area contributed by atoms with E-state index in [0.717, 1.165) is 65.5 Å². The second-order valence-corrected chi connectivity index (χ2v) is 16.4. The number of hydrogen-bond donors (Lipinski definition) is 3. The summed E-state index contributed by atoms with van der Waals surface area (Å²) < 4.78 is 5.79. The number of nitrogens with two attached hydrogens (primary N) is 1. The zero-order valence-corrected chi connectivity index (χ0v) is 30.0. The van der Waals surface area contributed by atoms with Crippen molar-refractivity contribution in [3.8, 4) is 5.88 Å². The van der Waals surface area contributed by atoms with Crippen molar-refractivity contribution in [1.29, 1.82) is 0 Å². The van der Waals surface area contributed by atoms with Gasteiger partial charge in [-0.2, -0.15) is 5.10 Å². The number of hydrogen-bond acceptors (Lipinski definition) is 9. The van der Waals surface area contributed by atoms with Crippen LogP contribution in [0.3, 0.4) is 0 Å². The lowest BCUT2D eigenvalue weighted by Crippen LogP contribution is -2.59. The molecule has 1 aromatic carbocycles. The van der Waals surface area contributed by atoms with Gasteiger partial charge >= 0.3 is 0 Å². The third kappa shape index (κ3) is 6.99. The standard InChI is InChI=1S/C36H50N8O4S/c1-22-15-23(16-25-20-38-40-31(22)25)17-29(34(46)43-13-11-42(12-14-43)26-6-8-41(4)9-7-26)44-10-5-24(18-30(44)49-35(37)47)27-19-28-33(39-32(27)45)48-21-36(28,2)3/h15-16,19-20,24,26,29-30H,5-14,17-18,21H2,1-4H3,(H2,37,47)(H,38,40)(H,39,45)/t24?,29-,30?/m1/s1.